The molecule has 0 aliphatic heterocycles. The predicted octanol–water partition coefficient (Wildman–Crippen LogP) is 2.50. The van der Waals surface area contributed by atoms with Crippen LogP contribution in [-0.4, -0.2) is 25.3 Å². The molecule has 0 aliphatic carbocycles. The van der Waals surface area contributed by atoms with Crippen molar-refractivity contribution in [3.63, 3.8) is 0 Å². The first-order chi connectivity index (χ1) is 8.27. The minimum atomic E-state index is -4.03. The molecule has 6 heteroatoms. The van der Waals surface area contributed by atoms with E-state index in [1.54, 1.807) is 13.8 Å². The van der Waals surface area contributed by atoms with E-state index in [9.17, 15) is 13.6 Å². The molecule has 0 radical (unpaired) electrons. The van der Waals surface area contributed by atoms with Crippen molar-refractivity contribution in [3.8, 4) is 11.5 Å². The van der Waals surface area contributed by atoms with Crippen LogP contribution in [0.5, 0.6) is 11.5 Å². The van der Waals surface area contributed by atoms with Crippen molar-refractivity contribution in [2.75, 3.05) is 14.2 Å². The van der Waals surface area contributed by atoms with Crippen molar-refractivity contribution in [3.05, 3.63) is 22.8 Å². The first-order valence-corrected chi connectivity index (χ1v) is 5.11. The summed E-state index contributed by atoms with van der Waals surface area (Å²) in [6.07, 6.45) is 0. The quantitative estimate of drug-likeness (QED) is 0.903. The Morgan fingerprint density at radius 3 is 2.17 bits per heavy atom. The Kier molecular flexibility index (Phi) is 3.79. The molecular formula is C12H14F2O4. The summed E-state index contributed by atoms with van der Waals surface area (Å²) in [7, 11) is 2.55. The van der Waals surface area contributed by atoms with Crippen LogP contribution in [-0.2, 0) is 10.7 Å². The summed E-state index contributed by atoms with van der Waals surface area (Å²) in [6.45, 7) is 3.25. The largest absolute Gasteiger partial charge is 0.496 e. The van der Waals surface area contributed by atoms with Gasteiger partial charge in [-0.05, 0) is 31.0 Å². The lowest BCUT2D eigenvalue weighted by molar-refractivity contribution is -0.166. The summed E-state index contributed by atoms with van der Waals surface area (Å²) in [5.74, 6) is -6.20. The average molecular weight is 260 g/mol. The third-order valence-electron chi connectivity index (χ3n) is 2.82. The molecule has 1 N–H and O–H groups in total. The van der Waals surface area contributed by atoms with Gasteiger partial charge in [0.05, 0.1) is 19.8 Å². The van der Waals surface area contributed by atoms with E-state index < -0.39 is 17.5 Å². The molecule has 0 spiro atoms. The predicted molar refractivity (Wildman–Crippen MR) is 60.5 cm³/mol. The average Bonchev–Trinajstić information content (AvgIpc) is 2.31. The van der Waals surface area contributed by atoms with Gasteiger partial charge in [0.15, 0.2) is 0 Å². The van der Waals surface area contributed by atoms with Crippen molar-refractivity contribution < 1.29 is 28.2 Å². The third-order valence-corrected chi connectivity index (χ3v) is 2.82. The number of ether oxygens (including phenoxy) is 2. The highest BCUT2D eigenvalue weighted by molar-refractivity contribution is 5.79. The Labute approximate surface area is 103 Å². The second-order valence-corrected chi connectivity index (χ2v) is 3.79. The van der Waals surface area contributed by atoms with E-state index in [4.69, 9.17) is 14.6 Å². The zero-order valence-electron chi connectivity index (χ0n) is 10.5. The van der Waals surface area contributed by atoms with Crippen LogP contribution in [0.2, 0.25) is 0 Å². The summed E-state index contributed by atoms with van der Waals surface area (Å²) in [5.41, 5.74) is 0.338. The number of hydrogen-bond donors (Lipinski definition) is 1. The van der Waals surface area contributed by atoms with Crippen LogP contribution < -0.4 is 9.47 Å². The highest BCUT2D eigenvalue weighted by Crippen LogP contribution is 2.41. The van der Waals surface area contributed by atoms with Gasteiger partial charge in [-0.2, -0.15) is 8.78 Å². The SMILES string of the molecule is COc1cc(C(F)(F)C(=O)O)c(OC)c(C)c1C. The van der Waals surface area contributed by atoms with Crippen LogP contribution in [0.3, 0.4) is 0 Å². The molecule has 0 aliphatic rings. The molecule has 1 aromatic carbocycles. The topological polar surface area (TPSA) is 55.8 Å². The van der Waals surface area contributed by atoms with E-state index in [0.29, 0.717) is 11.1 Å². The number of aliphatic carboxylic acids is 1. The fraction of sp³-hybridized carbons (Fsp3) is 0.417. The van der Waals surface area contributed by atoms with E-state index >= 15 is 0 Å². The van der Waals surface area contributed by atoms with Crippen LogP contribution in [0.25, 0.3) is 0 Å². The normalized spacial score (nSPS) is 11.2. The molecule has 1 aromatic rings. The zero-order valence-corrected chi connectivity index (χ0v) is 10.5. The Bertz CT molecular complexity index is 483. The van der Waals surface area contributed by atoms with Crippen LogP contribution in [0.4, 0.5) is 8.78 Å². The van der Waals surface area contributed by atoms with Gasteiger partial charge in [-0.3, -0.25) is 0 Å². The lowest BCUT2D eigenvalue weighted by Crippen LogP contribution is -2.26. The Balaban J connectivity index is 3.62. The summed E-state index contributed by atoms with van der Waals surface area (Å²) in [4.78, 5) is 10.6. The van der Waals surface area contributed by atoms with Gasteiger partial charge in [-0.1, -0.05) is 0 Å². The van der Waals surface area contributed by atoms with E-state index in [2.05, 4.69) is 0 Å². The highest BCUT2D eigenvalue weighted by atomic mass is 19.3. The molecule has 100 valence electrons. The molecule has 0 atom stereocenters. The van der Waals surface area contributed by atoms with Crippen molar-refractivity contribution >= 4 is 5.97 Å². The molecule has 1 rings (SSSR count). The van der Waals surface area contributed by atoms with Gasteiger partial charge >= 0.3 is 11.9 Å². The van der Waals surface area contributed by atoms with Crippen molar-refractivity contribution in [1.29, 1.82) is 0 Å². The van der Waals surface area contributed by atoms with Crippen molar-refractivity contribution in [2.45, 2.75) is 19.8 Å². The number of carboxylic acid groups (broad SMARTS) is 1. The standard InChI is InChI=1S/C12H14F2O4/c1-6-7(2)10(18-4)8(5-9(6)17-3)12(13,14)11(15)16/h5H,1-4H3,(H,15,16). The minimum absolute atomic E-state index is 0.138. The van der Waals surface area contributed by atoms with Crippen LogP contribution in [0.15, 0.2) is 6.07 Å². The van der Waals surface area contributed by atoms with E-state index in [-0.39, 0.29) is 11.5 Å². The first kappa shape index (κ1) is 14.2. The number of alkyl halides is 2. The molecule has 0 amide bonds. The fourth-order valence-electron chi connectivity index (χ4n) is 1.69. The van der Waals surface area contributed by atoms with E-state index in [1.807, 2.05) is 0 Å². The molecule has 0 aromatic heterocycles. The van der Waals surface area contributed by atoms with Crippen molar-refractivity contribution in [1.82, 2.24) is 0 Å². The zero-order chi connectivity index (χ0) is 14.1. The summed E-state index contributed by atoms with van der Waals surface area (Å²) in [5, 5.41) is 8.59. The lowest BCUT2D eigenvalue weighted by atomic mass is 9.99. The van der Waals surface area contributed by atoms with Crippen LogP contribution >= 0.6 is 0 Å². The van der Waals surface area contributed by atoms with Crippen molar-refractivity contribution in [2.24, 2.45) is 0 Å². The van der Waals surface area contributed by atoms with Gasteiger partial charge in [0.25, 0.3) is 0 Å². The van der Waals surface area contributed by atoms with Crippen LogP contribution in [0, 0.1) is 13.8 Å². The number of rotatable bonds is 4. The Morgan fingerprint density at radius 1 is 1.22 bits per heavy atom. The summed E-state index contributed by atoms with van der Waals surface area (Å²) >= 11 is 0. The van der Waals surface area contributed by atoms with Gasteiger partial charge in [-0.25, -0.2) is 4.79 Å². The maximum atomic E-state index is 13.6. The first-order valence-electron chi connectivity index (χ1n) is 5.11. The van der Waals surface area contributed by atoms with Gasteiger partial charge in [0.1, 0.15) is 11.5 Å². The number of carbonyl (C=O) groups is 1. The highest BCUT2D eigenvalue weighted by Gasteiger charge is 2.44. The maximum Gasteiger partial charge on any atom is 0.379 e. The van der Waals surface area contributed by atoms with Gasteiger partial charge in [0, 0.05) is 0 Å². The maximum absolute atomic E-state index is 13.6. The summed E-state index contributed by atoms with van der Waals surface area (Å²) in [6, 6.07) is 0.995. The summed E-state index contributed by atoms with van der Waals surface area (Å²) < 4.78 is 37.1. The molecule has 0 heterocycles. The minimum Gasteiger partial charge on any atom is -0.496 e. The third kappa shape index (κ3) is 2.10. The molecule has 0 saturated carbocycles. The molecule has 0 bridgehead atoms. The van der Waals surface area contributed by atoms with Crippen LogP contribution in [0.1, 0.15) is 16.7 Å². The second-order valence-electron chi connectivity index (χ2n) is 3.79. The molecule has 0 fully saturated rings. The van der Waals surface area contributed by atoms with E-state index in [1.165, 1.54) is 14.2 Å². The number of methoxy groups -OCH3 is 2. The fourth-order valence-corrected chi connectivity index (χ4v) is 1.69. The number of halogens is 2. The molecule has 0 unspecified atom stereocenters. The monoisotopic (exact) mass is 260 g/mol. The van der Waals surface area contributed by atoms with Gasteiger partial charge < -0.3 is 14.6 Å². The van der Waals surface area contributed by atoms with Gasteiger partial charge in [0.2, 0.25) is 0 Å². The van der Waals surface area contributed by atoms with Gasteiger partial charge in [-0.15, -0.1) is 0 Å². The number of hydrogen-bond acceptors (Lipinski definition) is 3. The molecular weight excluding hydrogens is 246 g/mol. The smallest absolute Gasteiger partial charge is 0.379 e. The Morgan fingerprint density at radius 2 is 1.78 bits per heavy atom. The molecule has 4 nitrogen and oxygen atoms in total. The second kappa shape index (κ2) is 4.80. The van der Waals surface area contributed by atoms with E-state index in [0.717, 1.165) is 6.07 Å². The number of benzene rings is 1. The number of carboxylic acids is 1. The Hall–Kier alpha value is -1.85. The molecule has 18 heavy (non-hydrogen) atoms. The lowest BCUT2D eigenvalue weighted by Gasteiger charge is -2.20. The molecule has 0 saturated heterocycles.